The second-order valence-corrected chi connectivity index (χ2v) is 8.77. The number of esters is 1. The molecule has 0 saturated carbocycles. The Morgan fingerprint density at radius 1 is 1.43 bits per heavy atom. The number of β-lactam (4-membered cyclic amide) rings is 1. The number of nitro groups is 1. The third-order valence-corrected chi connectivity index (χ3v) is 6.57. The number of aromatic nitrogens is 2. The number of non-ortho nitro benzene ring substituents is 1. The monoisotopic (exact) mass is 402 g/mol. The van der Waals surface area contributed by atoms with E-state index in [2.05, 4.69) is 4.98 Å². The molecular formula is C18H18N4O5S. The Bertz CT molecular complexity index is 917. The van der Waals surface area contributed by atoms with Gasteiger partial charge in [0.25, 0.3) is 5.69 Å². The smallest absolute Gasteiger partial charge is 0.330 e. The Morgan fingerprint density at radius 2 is 2.18 bits per heavy atom. The normalized spacial score (nSPS) is 25.9. The van der Waals surface area contributed by atoms with Crippen molar-refractivity contribution < 1.29 is 19.2 Å². The molecule has 28 heavy (non-hydrogen) atoms. The van der Waals surface area contributed by atoms with Crippen LogP contribution in [0.3, 0.4) is 0 Å². The number of amides is 1. The fraction of sp³-hybridized carbons (Fsp3) is 0.389. The zero-order chi connectivity index (χ0) is 19.9. The number of rotatable bonds is 6. The molecule has 2 aliphatic rings. The summed E-state index contributed by atoms with van der Waals surface area (Å²) in [6, 6.07) is 5.15. The van der Waals surface area contributed by atoms with Gasteiger partial charge in [0.2, 0.25) is 5.91 Å². The lowest BCUT2D eigenvalue weighted by molar-refractivity contribution is -0.384. The summed E-state index contributed by atoms with van der Waals surface area (Å²) in [4.78, 5) is 40.9. The summed E-state index contributed by atoms with van der Waals surface area (Å²) in [5.41, 5.74) is 0.622. The Labute approximate surface area is 164 Å². The summed E-state index contributed by atoms with van der Waals surface area (Å²) >= 11 is 1.61. The molecule has 0 spiro atoms. The van der Waals surface area contributed by atoms with Crippen molar-refractivity contribution >= 4 is 29.3 Å². The summed E-state index contributed by atoms with van der Waals surface area (Å²) in [7, 11) is 0. The van der Waals surface area contributed by atoms with Crippen LogP contribution in [0.1, 0.15) is 18.9 Å². The Balaban J connectivity index is 1.48. The van der Waals surface area contributed by atoms with Gasteiger partial charge in [0.1, 0.15) is 12.6 Å². The lowest BCUT2D eigenvalue weighted by Gasteiger charge is -2.37. The first-order valence-corrected chi connectivity index (χ1v) is 9.60. The molecule has 2 saturated heterocycles. The molecule has 146 valence electrons. The van der Waals surface area contributed by atoms with Gasteiger partial charge in [0.15, 0.2) is 0 Å². The van der Waals surface area contributed by atoms with Crippen molar-refractivity contribution in [2.45, 2.75) is 42.7 Å². The number of thioether (sulfide) groups is 1. The first kappa shape index (κ1) is 18.5. The molecule has 0 radical (unpaired) electrons. The molecule has 0 bridgehead atoms. The number of nitrogens with zero attached hydrogens (tertiary/aromatic N) is 4. The highest BCUT2D eigenvalue weighted by Crippen LogP contribution is 2.52. The average Bonchev–Trinajstić information content (AvgIpc) is 3.24. The molecule has 1 aromatic carbocycles. The van der Waals surface area contributed by atoms with E-state index in [1.165, 1.54) is 12.1 Å². The van der Waals surface area contributed by atoms with E-state index in [1.807, 2.05) is 17.7 Å². The molecule has 3 atom stereocenters. The van der Waals surface area contributed by atoms with Crippen LogP contribution in [0, 0.1) is 10.1 Å². The van der Waals surface area contributed by atoms with E-state index < -0.39 is 21.7 Å². The van der Waals surface area contributed by atoms with Crippen LogP contribution in [0.2, 0.25) is 0 Å². The lowest BCUT2D eigenvalue weighted by atomic mass is 9.96. The van der Waals surface area contributed by atoms with Crippen molar-refractivity contribution in [3.05, 3.63) is 58.7 Å². The second-order valence-electron chi connectivity index (χ2n) is 7.06. The number of ether oxygens (including phenoxy) is 1. The standard InChI is InChI=1S/C18H18N4O5S/c1-18(10-20-7-6-19-11-20)16(21-14(23)8-15(21)28-18)17(24)27-9-12-2-4-13(5-3-12)22(25)26/h2-7,11,15-16H,8-10H2,1H3/t15-,16+,18+/m1/s1. The van der Waals surface area contributed by atoms with Crippen LogP contribution in [0.5, 0.6) is 0 Å². The lowest BCUT2D eigenvalue weighted by Crippen LogP contribution is -2.58. The Hall–Kier alpha value is -2.88. The maximum Gasteiger partial charge on any atom is 0.330 e. The summed E-state index contributed by atoms with van der Waals surface area (Å²) in [5.74, 6) is -0.520. The van der Waals surface area contributed by atoms with Crippen LogP contribution < -0.4 is 0 Å². The van der Waals surface area contributed by atoms with Gasteiger partial charge in [0.05, 0.1) is 27.8 Å². The summed E-state index contributed by atoms with van der Waals surface area (Å²) in [5, 5.41) is 10.7. The molecule has 3 heterocycles. The number of hydrogen-bond acceptors (Lipinski definition) is 7. The molecule has 2 aromatic rings. The predicted molar refractivity (Wildman–Crippen MR) is 100 cm³/mol. The minimum atomic E-state index is -0.691. The maximum absolute atomic E-state index is 12.9. The molecule has 2 aliphatic heterocycles. The van der Waals surface area contributed by atoms with Crippen molar-refractivity contribution in [2.75, 3.05) is 0 Å². The topological polar surface area (TPSA) is 108 Å². The van der Waals surface area contributed by atoms with Crippen LogP contribution in [-0.4, -0.2) is 47.4 Å². The Morgan fingerprint density at radius 3 is 2.79 bits per heavy atom. The molecule has 10 heteroatoms. The van der Waals surface area contributed by atoms with Gasteiger partial charge in [0, 0.05) is 31.1 Å². The molecule has 1 amide bonds. The minimum absolute atomic E-state index is 0.00809. The van der Waals surface area contributed by atoms with Crippen LogP contribution in [0.15, 0.2) is 43.0 Å². The van der Waals surface area contributed by atoms with E-state index in [1.54, 1.807) is 41.3 Å². The van der Waals surface area contributed by atoms with Gasteiger partial charge >= 0.3 is 5.97 Å². The fourth-order valence-corrected chi connectivity index (χ4v) is 5.42. The molecule has 0 aliphatic carbocycles. The van der Waals surface area contributed by atoms with Gasteiger partial charge in [-0.3, -0.25) is 14.9 Å². The highest BCUT2D eigenvalue weighted by atomic mass is 32.2. The van der Waals surface area contributed by atoms with Gasteiger partial charge < -0.3 is 14.2 Å². The van der Waals surface area contributed by atoms with E-state index in [4.69, 9.17) is 4.74 Å². The van der Waals surface area contributed by atoms with Crippen molar-refractivity contribution in [2.24, 2.45) is 0 Å². The highest BCUT2D eigenvalue weighted by Gasteiger charge is 2.61. The van der Waals surface area contributed by atoms with Gasteiger partial charge in [-0.05, 0) is 24.6 Å². The summed E-state index contributed by atoms with van der Waals surface area (Å²) in [6.45, 7) is 2.47. The second kappa shape index (κ2) is 6.93. The van der Waals surface area contributed by atoms with Crippen molar-refractivity contribution in [1.82, 2.24) is 14.5 Å². The van der Waals surface area contributed by atoms with Crippen LogP contribution in [0.25, 0.3) is 0 Å². The number of fused-ring (bicyclic) bond motifs is 1. The molecule has 0 N–H and O–H groups in total. The number of nitro benzene ring substituents is 1. The van der Waals surface area contributed by atoms with Crippen molar-refractivity contribution in [3.8, 4) is 0 Å². The van der Waals surface area contributed by atoms with Gasteiger partial charge in [-0.2, -0.15) is 0 Å². The zero-order valence-corrected chi connectivity index (χ0v) is 15.9. The van der Waals surface area contributed by atoms with Gasteiger partial charge in [-0.1, -0.05) is 0 Å². The SMILES string of the molecule is C[C@@]1(Cn2ccnc2)S[C@@H]2CC(=O)N2[C@H]1C(=O)OCc1ccc([N+](=O)[O-])cc1. The molecule has 0 unspecified atom stereocenters. The molecule has 2 fully saturated rings. The molecular weight excluding hydrogens is 384 g/mol. The quantitative estimate of drug-likeness (QED) is 0.315. The third kappa shape index (κ3) is 3.24. The maximum atomic E-state index is 12.9. The van der Waals surface area contributed by atoms with E-state index in [-0.39, 0.29) is 23.6 Å². The van der Waals surface area contributed by atoms with E-state index in [0.29, 0.717) is 18.5 Å². The minimum Gasteiger partial charge on any atom is -0.459 e. The van der Waals surface area contributed by atoms with E-state index in [0.717, 1.165) is 0 Å². The van der Waals surface area contributed by atoms with E-state index >= 15 is 0 Å². The average molecular weight is 402 g/mol. The van der Waals surface area contributed by atoms with E-state index in [9.17, 15) is 19.7 Å². The predicted octanol–water partition coefficient (Wildman–Crippen LogP) is 1.97. The van der Waals surface area contributed by atoms with Gasteiger partial charge in [-0.25, -0.2) is 9.78 Å². The van der Waals surface area contributed by atoms with Crippen LogP contribution >= 0.6 is 11.8 Å². The van der Waals surface area contributed by atoms with Crippen molar-refractivity contribution in [1.29, 1.82) is 0 Å². The third-order valence-electron chi connectivity index (χ3n) is 5.02. The molecule has 4 rings (SSSR count). The first-order chi connectivity index (χ1) is 13.4. The first-order valence-electron chi connectivity index (χ1n) is 8.72. The number of benzene rings is 1. The number of hydrogen-bond donors (Lipinski definition) is 0. The Kier molecular flexibility index (Phi) is 4.58. The van der Waals surface area contributed by atoms with Crippen molar-refractivity contribution in [3.63, 3.8) is 0 Å². The molecule has 9 nitrogen and oxygen atoms in total. The van der Waals surface area contributed by atoms with Crippen LogP contribution in [0.4, 0.5) is 5.69 Å². The van der Waals surface area contributed by atoms with Crippen LogP contribution in [-0.2, 0) is 27.5 Å². The number of carbonyl (C=O) groups is 2. The highest BCUT2D eigenvalue weighted by molar-refractivity contribution is 8.01. The fourth-order valence-electron chi connectivity index (χ4n) is 3.66. The number of imidazole rings is 1. The van der Waals surface area contributed by atoms with Gasteiger partial charge in [-0.15, -0.1) is 11.8 Å². The summed E-state index contributed by atoms with van der Waals surface area (Å²) < 4.78 is 6.84. The molecule has 1 aromatic heterocycles. The zero-order valence-electron chi connectivity index (χ0n) is 15.1. The number of carbonyl (C=O) groups excluding carboxylic acids is 2. The largest absolute Gasteiger partial charge is 0.459 e. The summed E-state index contributed by atoms with van der Waals surface area (Å²) in [6.07, 6.45) is 5.60.